The van der Waals surface area contributed by atoms with Gasteiger partial charge in [0.2, 0.25) is 0 Å². The lowest BCUT2D eigenvalue weighted by molar-refractivity contribution is 0.101. The van der Waals surface area contributed by atoms with Crippen LogP contribution >= 0.6 is 0 Å². The number of aromatic nitrogens is 1. The number of carbonyl (C=O) groups excluding carboxylic acids is 1. The van der Waals surface area contributed by atoms with Crippen LogP contribution in [-0.2, 0) is 6.54 Å². The lowest BCUT2D eigenvalue weighted by Gasteiger charge is -2.33. The predicted octanol–water partition coefficient (Wildman–Crippen LogP) is 3.23. The monoisotopic (exact) mass is 334 g/mol. The normalized spacial score (nSPS) is 15.5. The number of hydrogen-bond donors (Lipinski definition) is 1. The van der Waals surface area contributed by atoms with Crippen LogP contribution in [0.3, 0.4) is 0 Å². The molecule has 128 valence electrons. The van der Waals surface area contributed by atoms with Crippen molar-refractivity contribution in [3.63, 3.8) is 0 Å². The first-order valence-electron chi connectivity index (χ1n) is 8.59. The van der Waals surface area contributed by atoms with Gasteiger partial charge in [0.1, 0.15) is 0 Å². The van der Waals surface area contributed by atoms with E-state index >= 15 is 0 Å². The SMILES string of the molecule is CC(=O)c1ccc(C#N)cc1NC1CCN(Cc2ccccn2)CC1. The number of nitrogens with zero attached hydrogens (tertiary/aromatic N) is 3. The molecular formula is C20H22N4O. The zero-order chi connectivity index (χ0) is 17.6. The number of benzene rings is 1. The summed E-state index contributed by atoms with van der Waals surface area (Å²) in [5, 5.41) is 12.6. The molecule has 0 saturated carbocycles. The van der Waals surface area contributed by atoms with Crippen LogP contribution in [-0.4, -0.2) is 34.8 Å². The van der Waals surface area contributed by atoms with Gasteiger partial charge in [0, 0.05) is 43.1 Å². The number of anilines is 1. The zero-order valence-corrected chi connectivity index (χ0v) is 14.4. The summed E-state index contributed by atoms with van der Waals surface area (Å²) in [6.45, 7) is 4.40. The lowest BCUT2D eigenvalue weighted by Crippen LogP contribution is -2.39. The number of likely N-dealkylation sites (tertiary alicyclic amines) is 1. The van der Waals surface area contributed by atoms with Gasteiger partial charge in [0.25, 0.3) is 0 Å². The van der Waals surface area contributed by atoms with Gasteiger partial charge in [-0.2, -0.15) is 5.26 Å². The van der Waals surface area contributed by atoms with Gasteiger partial charge in [-0.3, -0.25) is 14.7 Å². The molecule has 1 aliphatic rings. The van der Waals surface area contributed by atoms with E-state index in [2.05, 4.69) is 27.3 Å². The van der Waals surface area contributed by atoms with E-state index in [4.69, 9.17) is 5.26 Å². The van der Waals surface area contributed by atoms with Crippen LogP contribution in [0.25, 0.3) is 0 Å². The minimum absolute atomic E-state index is 0.0135. The van der Waals surface area contributed by atoms with Crippen molar-refractivity contribution in [3.05, 3.63) is 59.4 Å². The summed E-state index contributed by atoms with van der Waals surface area (Å²) < 4.78 is 0. The van der Waals surface area contributed by atoms with Crippen LogP contribution in [0.15, 0.2) is 42.6 Å². The summed E-state index contributed by atoms with van der Waals surface area (Å²) in [5.41, 5.74) is 3.08. The number of pyridine rings is 1. The number of carbonyl (C=O) groups is 1. The van der Waals surface area contributed by atoms with Crippen molar-refractivity contribution < 1.29 is 4.79 Å². The van der Waals surface area contributed by atoms with E-state index < -0.39 is 0 Å². The minimum Gasteiger partial charge on any atom is -0.382 e. The molecule has 1 aliphatic heterocycles. The second-order valence-electron chi connectivity index (χ2n) is 6.44. The van der Waals surface area contributed by atoms with Crippen LogP contribution in [0.5, 0.6) is 0 Å². The second-order valence-corrected chi connectivity index (χ2v) is 6.44. The zero-order valence-electron chi connectivity index (χ0n) is 14.4. The van der Waals surface area contributed by atoms with E-state index in [0.29, 0.717) is 17.2 Å². The Labute approximate surface area is 148 Å². The fraction of sp³-hybridized carbons (Fsp3) is 0.350. The van der Waals surface area contributed by atoms with Gasteiger partial charge < -0.3 is 5.32 Å². The van der Waals surface area contributed by atoms with E-state index in [0.717, 1.165) is 43.9 Å². The number of piperidine rings is 1. The molecule has 0 bridgehead atoms. The topological polar surface area (TPSA) is 69.0 Å². The molecular weight excluding hydrogens is 312 g/mol. The third kappa shape index (κ3) is 4.43. The summed E-state index contributed by atoms with van der Waals surface area (Å²) in [5.74, 6) is 0.0135. The van der Waals surface area contributed by atoms with E-state index in [1.165, 1.54) is 0 Å². The Bertz CT molecular complexity index is 774. The lowest BCUT2D eigenvalue weighted by atomic mass is 10.0. The molecule has 1 aromatic carbocycles. The highest BCUT2D eigenvalue weighted by molar-refractivity contribution is 5.99. The van der Waals surface area contributed by atoms with Crippen LogP contribution in [0.2, 0.25) is 0 Å². The first-order valence-corrected chi connectivity index (χ1v) is 8.59. The number of nitriles is 1. The molecule has 25 heavy (non-hydrogen) atoms. The number of ketones is 1. The second kappa shape index (κ2) is 7.91. The van der Waals surface area contributed by atoms with Crippen molar-refractivity contribution in [2.45, 2.75) is 32.4 Å². The van der Waals surface area contributed by atoms with E-state index in [1.807, 2.05) is 18.3 Å². The standard InChI is InChI=1S/C20H22N4O/c1-15(25)19-6-5-16(13-21)12-20(19)23-17-7-10-24(11-8-17)14-18-4-2-3-9-22-18/h2-6,9,12,17,23H,7-8,10-11,14H2,1H3. The number of Topliss-reactive ketones (excluding diaryl/α,β-unsaturated/α-hetero) is 1. The van der Waals surface area contributed by atoms with Crippen molar-refractivity contribution in [1.29, 1.82) is 5.26 Å². The molecule has 1 fully saturated rings. The molecule has 1 N–H and O–H groups in total. The molecule has 0 amide bonds. The molecule has 5 heteroatoms. The Balaban J connectivity index is 1.61. The Morgan fingerprint density at radius 3 is 2.76 bits per heavy atom. The number of hydrogen-bond acceptors (Lipinski definition) is 5. The van der Waals surface area contributed by atoms with Crippen molar-refractivity contribution in [2.24, 2.45) is 0 Å². The summed E-state index contributed by atoms with van der Waals surface area (Å²) >= 11 is 0. The smallest absolute Gasteiger partial charge is 0.161 e. The van der Waals surface area contributed by atoms with Crippen LogP contribution in [0.1, 0.15) is 41.4 Å². The van der Waals surface area contributed by atoms with Crippen LogP contribution in [0.4, 0.5) is 5.69 Å². The number of nitrogens with one attached hydrogen (secondary N) is 1. The maximum Gasteiger partial charge on any atom is 0.161 e. The predicted molar refractivity (Wildman–Crippen MR) is 97.3 cm³/mol. The highest BCUT2D eigenvalue weighted by atomic mass is 16.1. The highest BCUT2D eigenvalue weighted by Gasteiger charge is 2.21. The maximum atomic E-state index is 11.8. The first kappa shape index (κ1) is 17.1. The molecule has 0 atom stereocenters. The van der Waals surface area contributed by atoms with Gasteiger partial charge in [-0.05, 0) is 50.1 Å². The quantitative estimate of drug-likeness (QED) is 0.850. The molecule has 0 spiro atoms. The molecule has 3 rings (SSSR count). The summed E-state index contributed by atoms with van der Waals surface area (Å²) in [4.78, 5) is 18.6. The van der Waals surface area contributed by atoms with Crippen molar-refractivity contribution in [1.82, 2.24) is 9.88 Å². The molecule has 1 saturated heterocycles. The molecule has 5 nitrogen and oxygen atoms in total. The third-order valence-corrected chi connectivity index (χ3v) is 4.59. The Kier molecular flexibility index (Phi) is 5.42. The van der Waals surface area contributed by atoms with Gasteiger partial charge in [-0.15, -0.1) is 0 Å². The first-order chi connectivity index (χ1) is 12.2. The molecule has 1 aromatic heterocycles. The average Bonchev–Trinajstić information content (AvgIpc) is 2.64. The number of rotatable bonds is 5. The highest BCUT2D eigenvalue weighted by Crippen LogP contribution is 2.23. The van der Waals surface area contributed by atoms with E-state index in [-0.39, 0.29) is 5.78 Å². The Morgan fingerprint density at radius 1 is 1.32 bits per heavy atom. The largest absolute Gasteiger partial charge is 0.382 e. The van der Waals surface area contributed by atoms with Gasteiger partial charge in [-0.1, -0.05) is 6.07 Å². The van der Waals surface area contributed by atoms with Crippen molar-refractivity contribution in [2.75, 3.05) is 18.4 Å². The summed E-state index contributed by atoms with van der Waals surface area (Å²) in [7, 11) is 0. The molecule has 0 unspecified atom stereocenters. The average molecular weight is 334 g/mol. The Hall–Kier alpha value is -2.71. The molecule has 0 aliphatic carbocycles. The van der Waals surface area contributed by atoms with Crippen LogP contribution in [0, 0.1) is 11.3 Å². The van der Waals surface area contributed by atoms with Gasteiger partial charge >= 0.3 is 0 Å². The fourth-order valence-electron chi connectivity index (χ4n) is 3.22. The Morgan fingerprint density at radius 2 is 2.12 bits per heavy atom. The third-order valence-electron chi connectivity index (χ3n) is 4.59. The van der Waals surface area contributed by atoms with Gasteiger partial charge in [0.05, 0.1) is 17.3 Å². The van der Waals surface area contributed by atoms with E-state index in [9.17, 15) is 4.79 Å². The van der Waals surface area contributed by atoms with Gasteiger partial charge in [0.15, 0.2) is 5.78 Å². The molecule has 0 radical (unpaired) electrons. The summed E-state index contributed by atoms with van der Waals surface area (Å²) in [6.07, 6.45) is 3.83. The van der Waals surface area contributed by atoms with Gasteiger partial charge in [-0.25, -0.2) is 0 Å². The fourth-order valence-corrected chi connectivity index (χ4v) is 3.22. The maximum absolute atomic E-state index is 11.8. The van der Waals surface area contributed by atoms with E-state index in [1.54, 1.807) is 25.1 Å². The van der Waals surface area contributed by atoms with Crippen LogP contribution < -0.4 is 5.32 Å². The minimum atomic E-state index is 0.0135. The van der Waals surface area contributed by atoms with Crippen molar-refractivity contribution in [3.8, 4) is 6.07 Å². The van der Waals surface area contributed by atoms with Crippen molar-refractivity contribution >= 4 is 11.5 Å². The summed E-state index contributed by atoms with van der Waals surface area (Å²) in [6, 6.07) is 13.7. The molecule has 2 heterocycles. The molecule has 2 aromatic rings.